The maximum atomic E-state index is 2.51. The van der Waals surface area contributed by atoms with Gasteiger partial charge in [-0.1, -0.05) is 99.9 Å². The molecule has 4 aromatic carbocycles. The molecule has 0 aliphatic carbocycles. The minimum Gasteiger partial charge on any atom is -0.114 e. The van der Waals surface area contributed by atoms with Gasteiger partial charge in [0.05, 0.1) is 16.1 Å². The number of benzene rings is 4. The first-order valence-corrected chi connectivity index (χ1v) is 20.0. The summed E-state index contributed by atoms with van der Waals surface area (Å²) in [6.07, 6.45) is 0. The Bertz CT molecular complexity index is 1220. The predicted octanol–water partition coefficient (Wildman–Crippen LogP) is 7.91. The van der Waals surface area contributed by atoms with Crippen LogP contribution in [-0.4, -0.2) is 21.2 Å². The lowest BCUT2D eigenvalue weighted by molar-refractivity contribution is 1.46. The maximum absolute atomic E-state index is 2.51. The van der Waals surface area contributed by atoms with Crippen molar-refractivity contribution in [3.63, 3.8) is 0 Å². The number of fused-ring (bicyclic) bond motifs is 7. The molecule has 1 aliphatic heterocycles. The first-order valence-electron chi connectivity index (χ1n) is 11.0. The van der Waals surface area contributed by atoms with Gasteiger partial charge in [-0.05, 0) is 31.9 Å². The highest BCUT2D eigenvalue weighted by atomic mass is 32.2. The van der Waals surface area contributed by atoms with E-state index in [2.05, 4.69) is 123 Å². The maximum Gasteiger partial charge on any atom is 0.0791 e. The van der Waals surface area contributed by atoms with Crippen molar-refractivity contribution in [1.29, 1.82) is 0 Å². The Labute approximate surface area is 196 Å². The lowest BCUT2D eigenvalue weighted by Gasteiger charge is -2.27. The number of thioether (sulfide) groups is 2. The minimum absolute atomic E-state index is 1.09. The van der Waals surface area contributed by atoms with Gasteiger partial charge in [0.15, 0.2) is 0 Å². The van der Waals surface area contributed by atoms with E-state index in [4.69, 9.17) is 0 Å². The van der Waals surface area contributed by atoms with E-state index >= 15 is 0 Å². The lowest BCUT2D eigenvalue weighted by atomic mass is 9.93. The normalized spacial score (nSPS) is 14.4. The summed E-state index contributed by atoms with van der Waals surface area (Å²) < 4.78 is 0. The first kappa shape index (κ1) is 21.4. The third-order valence-electron chi connectivity index (χ3n) is 6.28. The molecule has 0 N–H and O–H groups in total. The van der Waals surface area contributed by atoms with Crippen LogP contribution in [0, 0.1) is 0 Å². The molecule has 4 aromatic rings. The highest BCUT2D eigenvalue weighted by Crippen LogP contribution is 2.49. The third kappa shape index (κ3) is 3.62. The fraction of sp³-hybridized carbons (Fsp3) is 0.259. The van der Waals surface area contributed by atoms with Gasteiger partial charge >= 0.3 is 0 Å². The Hall–Kier alpha value is -1.47. The van der Waals surface area contributed by atoms with Gasteiger partial charge in [-0.2, -0.15) is 0 Å². The van der Waals surface area contributed by atoms with Gasteiger partial charge in [0.1, 0.15) is 0 Å². The van der Waals surface area contributed by atoms with Gasteiger partial charge in [-0.3, -0.25) is 0 Å². The molecule has 31 heavy (non-hydrogen) atoms. The average molecular weight is 475 g/mol. The predicted molar refractivity (Wildman–Crippen MR) is 149 cm³/mol. The van der Waals surface area contributed by atoms with Crippen LogP contribution in [0.15, 0.2) is 70.5 Å². The van der Waals surface area contributed by atoms with Crippen molar-refractivity contribution in [3.8, 4) is 11.1 Å². The fourth-order valence-electron chi connectivity index (χ4n) is 4.71. The zero-order valence-electron chi connectivity index (χ0n) is 19.3. The van der Waals surface area contributed by atoms with Crippen LogP contribution >= 0.6 is 23.5 Å². The van der Waals surface area contributed by atoms with Gasteiger partial charge in [0.2, 0.25) is 0 Å². The SMILES string of the molecule is C[Si](C)(C)c1cc2ccccc2c2c1SCSc1c([Si](C)(C)C)cc3ccccc3c1-2. The van der Waals surface area contributed by atoms with E-state index in [0.717, 1.165) is 5.08 Å². The van der Waals surface area contributed by atoms with E-state index in [1.54, 1.807) is 20.2 Å². The Balaban J connectivity index is 2.05. The van der Waals surface area contributed by atoms with Crippen LogP contribution < -0.4 is 10.4 Å². The molecule has 0 atom stereocenters. The number of hydrogen-bond donors (Lipinski definition) is 0. The van der Waals surface area contributed by atoms with Gasteiger partial charge in [-0.25, -0.2) is 0 Å². The molecule has 0 radical (unpaired) electrons. The molecule has 1 heterocycles. The summed E-state index contributed by atoms with van der Waals surface area (Å²) in [7, 11) is -3.03. The summed E-state index contributed by atoms with van der Waals surface area (Å²) in [5, 5.41) is 9.91. The zero-order chi connectivity index (χ0) is 22.0. The highest BCUT2D eigenvalue weighted by molar-refractivity contribution is 8.16. The molecule has 0 fully saturated rings. The molecule has 0 saturated heterocycles. The molecule has 0 amide bonds. The smallest absolute Gasteiger partial charge is 0.0791 e. The Kier molecular flexibility index (Phi) is 5.21. The summed E-state index contributed by atoms with van der Waals surface area (Å²) in [4.78, 5) is 3.09. The van der Waals surface area contributed by atoms with Crippen LogP contribution in [0.4, 0.5) is 0 Å². The van der Waals surface area contributed by atoms with E-state index in [1.165, 1.54) is 32.7 Å². The van der Waals surface area contributed by atoms with Crippen LogP contribution in [0.2, 0.25) is 39.3 Å². The lowest BCUT2D eigenvalue weighted by Crippen LogP contribution is -2.40. The van der Waals surface area contributed by atoms with E-state index < -0.39 is 16.1 Å². The van der Waals surface area contributed by atoms with Crippen LogP contribution in [0.5, 0.6) is 0 Å². The van der Waals surface area contributed by atoms with Gasteiger partial charge in [0.25, 0.3) is 0 Å². The molecule has 0 nitrogen and oxygen atoms in total. The molecule has 5 rings (SSSR count). The first-order chi connectivity index (χ1) is 14.7. The second-order valence-corrected chi connectivity index (χ2v) is 23.0. The molecule has 1 aliphatic rings. The summed E-state index contributed by atoms with van der Waals surface area (Å²) in [6, 6.07) is 23.1. The van der Waals surface area contributed by atoms with Gasteiger partial charge in [-0.15, -0.1) is 23.5 Å². The molecule has 0 saturated carbocycles. The largest absolute Gasteiger partial charge is 0.114 e. The Morgan fingerprint density at radius 2 is 0.968 bits per heavy atom. The van der Waals surface area contributed by atoms with Crippen molar-refractivity contribution in [2.24, 2.45) is 0 Å². The van der Waals surface area contributed by atoms with Crippen molar-refractivity contribution in [2.75, 3.05) is 5.08 Å². The zero-order valence-corrected chi connectivity index (χ0v) is 22.9. The van der Waals surface area contributed by atoms with E-state index in [0.29, 0.717) is 0 Å². The molecule has 0 unspecified atom stereocenters. The van der Waals surface area contributed by atoms with Crippen LogP contribution in [0.25, 0.3) is 32.7 Å². The van der Waals surface area contributed by atoms with Crippen molar-refractivity contribution in [2.45, 2.75) is 49.1 Å². The average Bonchev–Trinajstić information content (AvgIpc) is 2.91. The Morgan fingerprint density at radius 1 is 0.581 bits per heavy atom. The molecule has 4 heteroatoms. The van der Waals surface area contributed by atoms with Gasteiger partial charge in [0, 0.05) is 26.0 Å². The Morgan fingerprint density at radius 3 is 1.35 bits per heavy atom. The molecular formula is C27H30S2Si2. The molecule has 158 valence electrons. The highest BCUT2D eigenvalue weighted by Gasteiger charge is 2.31. The molecular weight excluding hydrogens is 445 g/mol. The van der Waals surface area contributed by atoms with Crippen LogP contribution in [0.1, 0.15) is 0 Å². The van der Waals surface area contributed by atoms with Crippen molar-refractivity contribution in [1.82, 2.24) is 0 Å². The van der Waals surface area contributed by atoms with Gasteiger partial charge < -0.3 is 0 Å². The van der Waals surface area contributed by atoms with Crippen molar-refractivity contribution < 1.29 is 0 Å². The monoisotopic (exact) mass is 474 g/mol. The topological polar surface area (TPSA) is 0 Å². The quantitative estimate of drug-likeness (QED) is 0.271. The summed E-state index contributed by atoms with van der Waals surface area (Å²) >= 11 is 4.15. The summed E-state index contributed by atoms with van der Waals surface area (Å²) in [6.45, 7) is 15.0. The second kappa shape index (κ2) is 7.55. The molecule has 0 aromatic heterocycles. The standard InChI is InChI=1S/C27H30S2Si2/c1-30(2,3)22-15-18-11-7-9-13-20(18)24-25-21-14-10-8-12-19(21)16-23(31(4,5)6)27(25)29-17-28-26(22)24/h7-16H,17H2,1-6H3. The molecule has 0 bridgehead atoms. The summed E-state index contributed by atoms with van der Waals surface area (Å²) in [5.41, 5.74) is 2.99. The fourth-order valence-corrected chi connectivity index (χ4v) is 12.1. The van der Waals surface area contributed by atoms with Crippen molar-refractivity contribution >= 4 is 71.6 Å². The van der Waals surface area contributed by atoms with Crippen LogP contribution in [0.3, 0.4) is 0 Å². The van der Waals surface area contributed by atoms with E-state index in [1.807, 2.05) is 0 Å². The second-order valence-electron chi connectivity index (χ2n) is 10.6. The molecule has 0 spiro atoms. The number of rotatable bonds is 2. The third-order valence-corrected chi connectivity index (χ3v) is 13.0. The van der Waals surface area contributed by atoms with E-state index in [9.17, 15) is 0 Å². The summed E-state index contributed by atoms with van der Waals surface area (Å²) in [5.74, 6) is 0. The van der Waals surface area contributed by atoms with E-state index in [-0.39, 0.29) is 0 Å². The number of hydrogen-bond acceptors (Lipinski definition) is 2. The van der Waals surface area contributed by atoms with Crippen molar-refractivity contribution in [3.05, 3.63) is 60.7 Å². The van der Waals surface area contributed by atoms with Crippen LogP contribution in [-0.2, 0) is 0 Å². The minimum atomic E-state index is -1.51.